The first-order valence-corrected chi connectivity index (χ1v) is 12.9. The number of rotatable bonds is 5. The molecule has 1 aliphatic carbocycles. The largest absolute Gasteiger partial charge is 0.416 e. The van der Waals surface area contributed by atoms with Gasteiger partial charge in [-0.15, -0.1) is 11.3 Å². The van der Waals surface area contributed by atoms with E-state index in [-0.39, 0.29) is 22.9 Å². The van der Waals surface area contributed by atoms with Crippen LogP contribution in [0.3, 0.4) is 0 Å². The molecule has 2 aromatic heterocycles. The summed E-state index contributed by atoms with van der Waals surface area (Å²) < 4.78 is 69.3. The van der Waals surface area contributed by atoms with Gasteiger partial charge in [-0.1, -0.05) is 6.07 Å². The molecule has 0 N–H and O–H groups in total. The Balaban J connectivity index is 1.33. The summed E-state index contributed by atoms with van der Waals surface area (Å²) in [6.07, 6.45) is 1.08. The van der Waals surface area contributed by atoms with Crippen LogP contribution in [0, 0.1) is 0 Å². The number of amides is 1. The number of likely N-dealkylation sites (tertiary alicyclic amines) is 1. The highest BCUT2D eigenvalue weighted by Crippen LogP contribution is 2.38. The maximum Gasteiger partial charge on any atom is 0.416 e. The number of halogens is 3. The maximum absolute atomic E-state index is 13.4. The number of piperidine rings is 1. The molecule has 1 amide bonds. The van der Waals surface area contributed by atoms with Gasteiger partial charge in [0.15, 0.2) is 4.96 Å². The van der Waals surface area contributed by atoms with Crippen LogP contribution in [0.4, 0.5) is 13.2 Å². The van der Waals surface area contributed by atoms with Crippen molar-refractivity contribution in [3.05, 3.63) is 53.3 Å². The molecule has 12 heteroatoms. The van der Waals surface area contributed by atoms with Gasteiger partial charge in [-0.05, 0) is 43.9 Å². The van der Waals surface area contributed by atoms with Gasteiger partial charge in [0.2, 0.25) is 10.0 Å². The second-order valence-corrected chi connectivity index (χ2v) is 11.1. The summed E-state index contributed by atoms with van der Waals surface area (Å²) in [5.74, 6) is -0.206. The SMILES string of the molecule is O=C(c1cn2ccsc2n1)N1CCC(N(C2CC2)S(=O)(=O)c2cccc(C(F)(F)F)c2)CC1. The molecule has 2 fully saturated rings. The van der Waals surface area contributed by atoms with Gasteiger partial charge >= 0.3 is 6.18 Å². The molecule has 2 aliphatic rings. The van der Waals surface area contributed by atoms with E-state index in [4.69, 9.17) is 0 Å². The van der Waals surface area contributed by atoms with Crippen LogP contribution in [0.15, 0.2) is 46.9 Å². The van der Waals surface area contributed by atoms with E-state index in [2.05, 4.69) is 4.98 Å². The zero-order chi connectivity index (χ0) is 23.4. The first-order chi connectivity index (χ1) is 15.6. The highest BCUT2D eigenvalue weighted by Gasteiger charge is 2.44. The Kier molecular flexibility index (Phi) is 5.49. The lowest BCUT2D eigenvalue weighted by Gasteiger charge is -2.37. The fourth-order valence-electron chi connectivity index (χ4n) is 4.29. The molecule has 0 spiro atoms. The Morgan fingerprint density at radius 1 is 1.12 bits per heavy atom. The number of imidazole rings is 1. The summed E-state index contributed by atoms with van der Waals surface area (Å²) >= 11 is 1.43. The summed E-state index contributed by atoms with van der Waals surface area (Å²) in [6, 6.07) is 3.32. The van der Waals surface area contributed by atoms with Gasteiger partial charge in [0.05, 0.1) is 10.5 Å². The van der Waals surface area contributed by atoms with Crippen LogP contribution in [0.2, 0.25) is 0 Å². The first kappa shape index (κ1) is 22.4. The predicted molar refractivity (Wildman–Crippen MR) is 115 cm³/mol. The van der Waals surface area contributed by atoms with Crippen LogP contribution in [-0.4, -0.2) is 58.1 Å². The molecule has 3 aromatic rings. The molecular weight excluding hydrogens is 477 g/mol. The van der Waals surface area contributed by atoms with Crippen LogP contribution in [0.25, 0.3) is 4.96 Å². The maximum atomic E-state index is 13.4. The minimum absolute atomic E-state index is 0.206. The van der Waals surface area contributed by atoms with E-state index in [1.165, 1.54) is 21.7 Å². The van der Waals surface area contributed by atoms with Crippen LogP contribution >= 0.6 is 11.3 Å². The number of alkyl halides is 3. The average molecular weight is 499 g/mol. The monoisotopic (exact) mass is 498 g/mol. The zero-order valence-electron chi connectivity index (χ0n) is 17.4. The second kappa shape index (κ2) is 8.10. The van der Waals surface area contributed by atoms with E-state index in [0.717, 1.165) is 17.1 Å². The van der Waals surface area contributed by atoms with Crippen LogP contribution in [0.5, 0.6) is 0 Å². The van der Waals surface area contributed by atoms with E-state index >= 15 is 0 Å². The molecule has 33 heavy (non-hydrogen) atoms. The Hall–Kier alpha value is -2.44. The van der Waals surface area contributed by atoms with Gasteiger partial charge in [-0.25, -0.2) is 13.4 Å². The van der Waals surface area contributed by atoms with Gasteiger partial charge in [-0.3, -0.25) is 9.20 Å². The lowest BCUT2D eigenvalue weighted by molar-refractivity contribution is -0.137. The van der Waals surface area contributed by atoms with Crippen molar-refractivity contribution in [2.24, 2.45) is 0 Å². The third-order valence-corrected chi connectivity index (χ3v) is 8.84. The van der Waals surface area contributed by atoms with Crippen molar-refractivity contribution in [3.8, 4) is 0 Å². The van der Waals surface area contributed by atoms with Gasteiger partial charge in [-0.2, -0.15) is 17.5 Å². The molecule has 3 heterocycles. The number of aromatic nitrogens is 2. The number of hydrogen-bond acceptors (Lipinski definition) is 5. The van der Waals surface area contributed by atoms with Crippen LogP contribution < -0.4 is 0 Å². The van der Waals surface area contributed by atoms with Crippen molar-refractivity contribution in [1.82, 2.24) is 18.6 Å². The number of sulfonamides is 1. The summed E-state index contributed by atoms with van der Waals surface area (Å²) in [4.78, 5) is 19.2. The number of hydrogen-bond donors (Lipinski definition) is 0. The molecule has 7 nitrogen and oxygen atoms in total. The fourth-order valence-corrected chi connectivity index (χ4v) is 6.97. The number of carbonyl (C=O) groups is 1. The minimum Gasteiger partial charge on any atom is -0.337 e. The second-order valence-electron chi connectivity index (χ2n) is 8.33. The third-order valence-electron chi connectivity index (χ3n) is 6.07. The smallest absolute Gasteiger partial charge is 0.337 e. The first-order valence-electron chi connectivity index (χ1n) is 10.6. The van der Waals surface area contributed by atoms with Gasteiger partial charge < -0.3 is 4.90 Å². The number of fused-ring (bicyclic) bond motifs is 1. The van der Waals surface area contributed by atoms with Crippen molar-refractivity contribution in [2.75, 3.05) is 13.1 Å². The molecule has 1 aromatic carbocycles. The molecule has 0 unspecified atom stereocenters. The number of nitrogens with zero attached hydrogens (tertiary/aromatic N) is 4. The standard InChI is InChI=1S/C21H21F3N4O3S2/c22-21(23,24)14-2-1-3-17(12-14)33(30,31)28(15-4-5-15)16-6-8-26(9-7-16)19(29)18-13-27-10-11-32-20(27)25-18/h1-3,10-13,15-16H,4-9H2. The van der Waals surface area contributed by atoms with E-state index in [1.54, 1.807) is 15.5 Å². The average Bonchev–Trinajstić information content (AvgIpc) is 3.36. The van der Waals surface area contributed by atoms with Gasteiger partial charge in [0.25, 0.3) is 5.91 Å². The van der Waals surface area contributed by atoms with E-state index in [9.17, 15) is 26.4 Å². The summed E-state index contributed by atoms with van der Waals surface area (Å²) in [6.45, 7) is 0.714. The van der Waals surface area contributed by atoms with Gasteiger partial charge in [0, 0.05) is 42.9 Å². The topological polar surface area (TPSA) is 75.0 Å². The summed E-state index contributed by atoms with van der Waals surface area (Å²) in [5.41, 5.74) is -0.643. The molecular formula is C21H21F3N4O3S2. The Morgan fingerprint density at radius 2 is 1.82 bits per heavy atom. The van der Waals surface area contributed by atoms with Gasteiger partial charge in [0.1, 0.15) is 5.69 Å². The number of carbonyl (C=O) groups excluding carboxylic acids is 1. The van der Waals surface area contributed by atoms with E-state index in [0.29, 0.717) is 50.5 Å². The molecule has 1 aliphatic heterocycles. The van der Waals surface area contributed by atoms with E-state index in [1.807, 2.05) is 11.6 Å². The van der Waals surface area contributed by atoms with Crippen molar-refractivity contribution in [3.63, 3.8) is 0 Å². The highest BCUT2D eigenvalue weighted by atomic mass is 32.2. The summed E-state index contributed by atoms with van der Waals surface area (Å²) in [5, 5.41) is 1.87. The Bertz CT molecular complexity index is 1260. The Labute approximate surface area is 192 Å². The predicted octanol–water partition coefficient (Wildman–Crippen LogP) is 3.87. The molecule has 0 radical (unpaired) electrons. The lowest BCUT2D eigenvalue weighted by Crippen LogP contribution is -2.49. The fraction of sp³-hybridized carbons (Fsp3) is 0.429. The zero-order valence-corrected chi connectivity index (χ0v) is 19.0. The van der Waals surface area contributed by atoms with Crippen molar-refractivity contribution in [1.29, 1.82) is 0 Å². The third kappa shape index (κ3) is 4.26. The van der Waals surface area contributed by atoms with Crippen LogP contribution in [0.1, 0.15) is 41.7 Å². The number of benzene rings is 1. The van der Waals surface area contributed by atoms with E-state index < -0.39 is 21.8 Å². The summed E-state index contributed by atoms with van der Waals surface area (Å²) in [7, 11) is -4.10. The lowest BCUT2D eigenvalue weighted by atomic mass is 10.0. The molecule has 1 saturated carbocycles. The number of thiazole rings is 1. The normalized spacial score (nSPS) is 18.4. The molecule has 5 rings (SSSR count). The molecule has 176 valence electrons. The van der Waals surface area contributed by atoms with Crippen LogP contribution in [-0.2, 0) is 16.2 Å². The minimum atomic E-state index is -4.62. The quantitative estimate of drug-likeness (QED) is 0.535. The molecule has 0 bridgehead atoms. The van der Waals surface area contributed by atoms with Crippen molar-refractivity contribution in [2.45, 2.75) is 48.8 Å². The molecule has 0 atom stereocenters. The van der Waals surface area contributed by atoms with Crippen molar-refractivity contribution >= 4 is 32.2 Å². The Morgan fingerprint density at radius 3 is 2.45 bits per heavy atom. The molecule has 1 saturated heterocycles. The highest BCUT2D eigenvalue weighted by molar-refractivity contribution is 7.89. The van der Waals surface area contributed by atoms with Crippen molar-refractivity contribution < 1.29 is 26.4 Å².